The van der Waals surface area contributed by atoms with Crippen LogP contribution in [0, 0.1) is 5.82 Å². The number of carbonyl (C=O) groups is 1. The molecule has 3 aromatic rings. The molecule has 1 aliphatic heterocycles. The molecular formula is C18H15FN4O2. The lowest BCUT2D eigenvalue weighted by atomic mass is 10.1. The quantitative estimate of drug-likeness (QED) is 0.738. The van der Waals surface area contributed by atoms with E-state index in [0.29, 0.717) is 35.2 Å². The maximum atomic E-state index is 13.6. The molecule has 126 valence electrons. The van der Waals surface area contributed by atoms with Crippen molar-refractivity contribution in [3.05, 3.63) is 64.3 Å². The number of hydrogen-bond donors (Lipinski definition) is 1. The molecule has 0 atom stereocenters. The molecule has 0 fully saturated rings. The van der Waals surface area contributed by atoms with Gasteiger partial charge < -0.3 is 9.80 Å². The zero-order chi connectivity index (χ0) is 17.6. The van der Waals surface area contributed by atoms with Crippen LogP contribution in [0.15, 0.2) is 47.3 Å². The molecule has 2 heterocycles. The second-order valence-electron chi connectivity index (χ2n) is 5.96. The Hall–Kier alpha value is -3.22. The number of nitrogens with one attached hydrogen (secondary N) is 1. The number of rotatable bonds is 1. The highest BCUT2D eigenvalue weighted by molar-refractivity contribution is 6.13. The smallest absolute Gasteiger partial charge is 0.279 e. The average Bonchev–Trinajstić information content (AvgIpc) is 2.62. The Bertz CT molecular complexity index is 1050. The van der Waals surface area contributed by atoms with Crippen molar-refractivity contribution in [1.29, 1.82) is 0 Å². The first-order valence-corrected chi connectivity index (χ1v) is 7.86. The lowest BCUT2D eigenvalue weighted by Gasteiger charge is -2.35. The molecule has 7 heteroatoms. The summed E-state index contributed by atoms with van der Waals surface area (Å²) in [5, 5.41) is 7.27. The summed E-state index contributed by atoms with van der Waals surface area (Å²) in [4.78, 5) is 28.5. The number of aromatic amines is 1. The molecule has 0 radical (unpaired) electrons. The summed E-state index contributed by atoms with van der Waals surface area (Å²) in [7, 11) is 1.85. The van der Waals surface area contributed by atoms with Crippen LogP contribution in [0.25, 0.3) is 10.8 Å². The highest BCUT2D eigenvalue weighted by Gasteiger charge is 2.28. The van der Waals surface area contributed by atoms with E-state index in [2.05, 4.69) is 10.2 Å². The molecule has 1 aliphatic rings. The van der Waals surface area contributed by atoms with Gasteiger partial charge in [0.05, 0.1) is 16.8 Å². The van der Waals surface area contributed by atoms with Crippen molar-refractivity contribution in [2.75, 3.05) is 29.9 Å². The summed E-state index contributed by atoms with van der Waals surface area (Å²) >= 11 is 0. The van der Waals surface area contributed by atoms with Crippen LogP contribution in [-0.2, 0) is 0 Å². The van der Waals surface area contributed by atoms with E-state index >= 15 is 0 Å². The van der Waals surface area contributed by atoms with Crippen molar-refractivity contribution in [3.8, 4) is 0 Å². The third-order valence-corrected chi connectivity index (χ3v) is 4.44. The van der Waals surface area contributed by atoms with Crippen molar-refractivity contribution in [3.63, 3.8) is 0 Å². The SMILES string of the molecule is CN1CCN(C(=O)c2n[nH]c(=O)c3ccccc23)c2ccc(F)cc21. The van der Waals surface area contributed by atoms with Gasteiger partial charge in [-0.25, -0.2) is 9.49 Å². The van der Waals surface area contributed by atoms with Gasteiger partial charge in [-0.1, -0.05) is 18.2 Å². The number of fused-ring (bicyclic) bond motifs is 2. The molecule has 2 aromatic carbocycles. The minimum absolute atomic E-state index is 0.176. The first-order chi connectivity index (χ1) is 12.1. The Morgan fingerprint density at radius 1 is 1.12 bits per heavy atom. The summed E-state index contributed by atoms with van der Waals surface area (Å²) in [6, 6.07) is 11.2. The van der Waals surface area contributed by atoms with E-state index in [0.717, 1.165) is 0 Å². The molecule has 0 saturated heterocycles. The van der Waals surface area contributed by atoms with Crippen LogP contribution in [-0.4, -0.2) is 36.2 Å². The van der Waals surface area contributed by atoms with E-state index in [1.807, 2.05) is 11.9 Å². The van der Waals surface area contributed by atoms with E-state index in [4.69, 9.17) is 0 Å². The van der Waals surface area contributed by atoms with E-state index < -0.39 is 0 Å². The predicted molar refractivity (Wildman–Crippen MR) is 93.7 cm³/mol. The van der Waals surface area contributed by atoms with E-state index in [1.54, 1.807) is 35.2 Å². The first kappa shape index (κ1) is 15.3. The fourth-order valence-corrected chi connectivity index (χ4v) is 3.14. The summed E-state index contributed by atoms with van der Waals surface area (Å²) in [5.41, 5.74) is 1.11. The van der Waals surface area contributed by atoms with Gasteiger partial charge in [0.15, 0.2) is 5.69 Å². The van der Waals surface area contributed by atoms with Crippen LogP contribution < -0.4 is 15.4 Å². The Balaban J connectivity index is 1.85. The molecule has 1 aromatic heterocycles. The third kappa shape index (κ3) is 2.44. The molecule has 25 heavy (non-hydrogen) atoms. The van der Waals surface area contributed by atoms with Gasteiger partial charge in [0, 0.05) is 25.5 Å². The van der Waals surface area contributed by atoms with Gasteiger partial charge in [0.1, 0.15) is 5.82 Å². The number of likely N-dealkylation sites (N-methyl/N-ethyl adjacent to an activating group) is 1. The predicted octanol–water partition coefficient (Wildman–Crippen LogP) is 2.16. The van der Waals surface area contributed by atoms with E-state index in [1.165, 1.54) is 12.1 Å². The second-order valence-corrected chi connectivity index (χ2v) is 5.96. The second kappa shape index (κ2) is 5.70. The number of hydrogen-bond acceptors (Lipinski definition) is 4. The number of benzene rings is 2. The van der Waals surface area contributed by atoms with E-state index in [9.17, 15) is 14.0 Å². The lowest BCUT2D eigenvalue weighted by Crippen LogP contribution is -2.43. The number of carbonyl (C=O) groups excluding carboxylic acids is 1. The molecule has 0 aliphatic carbocycles. The van der Waals surface area contributed by atoms with Crippen LogP contribution in [0.3, 0.4) is 0 Å². The van der Waals surface area contributed by atoms with Crippen LogP contribution in [0.5, 0.6) is 0 Å². The normalized spacial score (nSPS) is 13.8. The molecule has 6 nitrogen and oxygen atoms in total. The fraction of sp³-hybridized carbons (Fsp3) is 0.167. The van der Waals surface area contributed by atoms with Gasteiger partial charge in [-0.3, -0.25) is 9.59 Å². The Morgan fingerprint density at radius 2 is 1.88 bits per heavy atom. The summed E-state index contributed by atoms with van der Waals surface area (Å²) < 4.78 is 13.6. The first-order valence-electron chi connectivity index (χ1n) is 7.86. The summed E-state index contributed by atoms with van der Waals surface area (Å²) in [6.07, 6.45) is 0. The maximum Gasteiger partial charge on any atom is 0.279 e. The number of aromatic nitrogens is 2. The minimum atomic E-state index is -0.354. The van der Waals surface area contributed by atoms with Crippen molar-refractivity contribution >= 4 is 28.1 Å². The largest absolute Gasteiger partial charge is 0.371 e. The molecule has 1 amide bonds. The molecule has 4 rings (SSSR count). The highest BCUT2D eigenvalue weighted by atomic mass is 19.1. The van der Waals surface area contributed by atoms with Crippen LogP contribution in [0.4, 0.5) is 15.8 Å². The topological polar surface area (TPSA) is 69.3 Å². The number of H-pyrrole nitrogens is 1. The lowest BCUT2D eigenvalue weighted by molar-refractivity contribution is 0.0982. The highest BCUT2D eigenvalue weighted by Crippen LogP contribution is 2.34. The van der Waals surface area contributed by atoms with Crippen LogP contribution >= 0.6 is 0 Å². The average molecular weight is 338 g/mol. The molecular weight excluding hydrogens is 323 g/mol. The standard InChI is InChI=1S/C18H15FN4O2/c1-22-8-9-23(14-7-6-11(19)10-15(14)22)18(25)16-12-4-2-3-5-13(12)17(24)21-20-16/h2-7,10H,8-9H2,1H3,(H,21,24). The fourth-order valence-electron chi connectivity index (χ4n) is 3.14. The van der Waals surface area contributed by atoms with Crippen molar-refractivity contribution in [1.82, 2.24) is 10.2 Å². The summed E-state index contributed by atoms with van der Waals surface area (Å²) in [6.45, 7) is 1.02. The molecule has 0 saturated carbocycles. The van der Waals surface area contributed by atoms with Gasteiger partial charge in [-0.15, -0.1) is 0 Å². The van der Waals surface area contributed by atoms with Gasteiger partial charge in [-0.2, -0.15) is 5.10 Å². The van der Waals surface area contributed by atoms with Crippen molar-refractivity contribution < 1.29 is 9.18 Å². The van der Waals surface area contributed by atoms with Crippen molar-refractivity contribution in [2.45, 2.75) is 0 Å². The Morgan fingerprint density at radius 3 is 2.68 bits per heavy atom. The van der Waals surface area contributed by atoms with Gasteiger partial charge in [0.25, 0.3) is 11.5 Å². The molecule has 1 N–H and O–H groups in total. The monoisotopic (exact) mass is 338 g/mol. The minimum Gasteiger partial charge on any atom is -0.371 e. The van der Waals surface area contributed by atoms with Crippen LogP contribution in [0.2, 0.25) is 0 Å². The van der Waals surface area contributed by atoms with E-state index in [-0.39, 0.29) is 23.0 Å². The number of amides is 1. The van der Waals surface area contributed by atoms with Gasteiger partial charge >= 0.3 is 0 Å². The number of anilines is 2. The zero-order valence-electron chi connectivity index (χ0n) is 13.5. The van der Waals surface area contributed by atoms with Crippen molar-refractivity contribution in [2.24, 2.45) is 0 Å². The third-order valence-electron chi connectivity index (χ3n) is 4.44. The number of nitrogens with zero attached hydrogens (tertiary/aromatic N) is 3. The molecule has 0 bridgehead atoms. The molecule has 0 unspecified atom stereocenters. The van der Waals surface area contributed by atoms with Gasteiger partial charge in [0.2, 0.25) is 0 Å². The summed E-state index contributed by atoms with van der Waals surface area (Å²) in [5.74, 6) is -0.680. The van der Waals surface area contributed by atoms with Gasteiger partial charge in [-0.05, 0) is 24.3 Å². The Labute approximate surface area is 142 Å². The number of halogens is 1. The van der Waals surface area contributed by atoms with Crippen LogP contribution in [0.1, 0.15) is 10.5 Å². The maximum absolute atomic E-state index is 13.6. The Kier molecular flexibility index (Phi) is 3.49. The molecule has 0 spiro atoms. The zero-order valence-corrected chi connectivity index (χ0v) is 13.5.